The molecule has 0 aliphatic carbocycles. The van der Waals surface area contributed by atoms with E-state index in [-0.39, 0.29) is 5.91 Å². The molecule has 1 aliphatic rings. The van der Waals surface area contributed by atoms with Crippen LogP contribution in [0.4, 0.5) is 5.69 Å². The van der Waals surface area contributed by atoms with Crippen LogP contribution < -0.4 is 5.32 Å². The van der Waals surface area contributed by atoms with Crippen LogP contribution in [0.3, 0.4) is 0 Å². The summed E-state index contributed by atoms with van der Waals surface area (Å²) < 4.78 is 2.01. The van der Waals surface area contributed by atoms with Crippen molar-refractivity contribution in [1.29, 1.82) is 0 Å². The molecule has 0 radical (unpaired) electrons. The molecule has 3 heterocycles. The fourth-order valence-corrected chi connectivity index (χ4v) is 2.62. The maximum atomic E-state index is 11.4. The number of hydrogen-bond donors (Lipinski definition) is 1. The molecule has 1 aromatic carbocycles. The Hall–Kier alpha value is -2.62. The van der Waals surface area contributed by atoms with Crippen molar-refractivity contribution in [3.05, 3.63) is 54.4 Å². The van der Waals surface area contributed by atoms with E-state index >= 15 is 0 Å². The van der Waals surface area contributed by atoms with E-state index in [0.717, 1.165) is 29.0 Å². The molecule has 0 fully saturated rings. The number of benzene rings is 1. The topological polar surface area (TPSA) is 46.4 Å². The molecule has 0 spiro atoms. The Morgan fingerprint density at radius 1 is 1.15 bits per heavy atom. The summed E-state index contributed by atoms with van der Waals surface area (Å²) in [6.45, 7) is 0. The number of nitrogens with zero attached hydrogens (tertiary/aromatic N) is 2. The number of imidazole rings is 1. The van der Waals surface area contributed by atoms with E-state index in [1.54, 1.807) is 0 Å². The van der Waals surface area contributed by atoms with Crippen molar-refractivity contribution in [1.82, 2.24) is 9.38 Å². The van der Waals surface area contributed by atoms with Crippen LogP contribution in [0.2, 0.25) is 0 Å². The summed E-state index contributed by atoms with van der Waals surface area (Å²) in [5, 5.41) is 2.90. The minimum absolute atomic E-state index is 0.0954. The lowest BCUT2D eigenvalue weighted by Crippen LogP contribution is -2.18. The predicted octanol–water partition coefficient (Wildman–Crippen LogP) is 2.89. The highest BCUT2D eigenvalue weighted by molar-refractivity contribution is 5.94. The van der Waals surface area contributed by atoms with Crippen LogP contribution in [0.25, 0.3) is 16.9 Å². The summed E-state index contributed by atoms with van der Waals surface area (Å²) in [4.78, 5) is 16.0. The second-order valence-electron chi connectivity index (χ2n) is 5.01. The first kappa shape index (κ1) is 11.2. The number of pyridine rings is 1. The van der Waals surface area contributed by atoms with Crippen LogP contribution in [-0.2, 0) is 11.2 Å². The molecule has 4 rings (SSSR count). The number of rotatable bonds is 1. The lowest BCUT2D eigenvalue weighted by atomic mass is 9.99. The van der Waals surface area contributed by atoms with Crippen LogP contribution in [0.5, 0.6) is 0 Å². The summed E-state index contributed by atoms with van der Waals surface area (Å²) in [6.07, 6.45) is 5.37. The summed E-state index contributed by atoms with van der Waals surface area (Å²) in [6, 6.07) is 12.0. The number of amides is 1. The van der Waals surface area contributed by atoms with Crippen LogP contribution in [0, 0.1) is 0 Å². The molecule has 20 heavy (non-hydrogen) atoms. The van der Waals surface area contributed by atoms with Gasteiger partial charge < -0.3 is 9.72 Å². The number of fused-ring (bicyclic) bond motifs is 2. The van der Waals surface area contributed by atoms with Crippen LogP contribution in [0.1, 0.15) is 12.0 Å². The molecule has 1 aliphatic heterocycles. The minimum atomic E-state index is 0.0954. The Labute approximate surface area is 116 Å². The van der Waals surface area contributed by atoms with Crippen molar-refractivity contribution in [2.45, 2.75) is 12.8 Å². The Kier molecular flexibility index (Phi) is 2.36. The van der Waals surface area contributed by atoms with Crippen LogP contribution in [0.15, 0.2) is 48.8 Å². The fourth-order valence-electron chi connectivity index (χ4n) is 2.62. The Bertz CT molecular complexity index is 786. The van der Waals surface area contributed by atoms with E-state index in [1.807, 2.05) is 47.1 Å². The van der Waals surface area contributed by atoms with E-state index < -0.39 is 0 Å². The fraction of sp³-hybridized carbons (Fsp3) is 0.125. The van der Waals surface area contributed by atoms with Crippen LogP contribution in [-0.4, -0.2) is 15.3 Å². The SMILES string of the molecule is O=C1CCc2cc(-c3cn4ccccc4n3)ccc2N1. The zero-order valence-electron chi connectivity index (χ0n) is 10.8. The third kappa shape index (κ3) is 1.77. The van der Waals surface area contributed by atoms with Crippen molar-refractivity contribution in [3.63, 3.8) is 0 Å². The van der Waals surface area contributed by atoms with Gasteiger partial charge in [-0.15, -0.1) is 0 Å². The molecule has 2 aromatic heterocycles. The maximum absolute atomic E-state index is 11.4. The first-order chi connectivity index (χ1) is 9.79. The largest absolute Gasteiger partial charge is 0.326 e. The second kappa shape index (κ2) is 4.20. The molecule has 0 unspecified atom stereocenters. The molecular weight excluding hydrogens is 250 g/mol. The number of nitrogens with one attached hydrogen (secondary N) is 1. The summed E-state index contributed by atoms with van der Waals surface area (Å²) in [5.74, 6) is 0.0954. The molecule has 0 saturated carbocycles. The average molecular weight is 263 g/mol. The molecule has 4 heteroatoms. The average Bonchev–Trinajstić information content (AvgIpc) is 2.90. The van der Waals surface area contributed by atoms with Gasteiger partial charge in [-0.3, -0.25) is 4.79 Å². The van der Waals surface area contributed by atoms with Crippen molar-refractivity contribution >= 4 is 17.2 Å². The number of hydrogen-bond acceptors (Lipinski definition) is 2. The third-order valence-corrected chi connectivity index (χ3v) is 3.66. The normalized spacial score (nSPS) is 14.1. The van der Waals surface area contributed by atoms with E-state index in [9.17, 15) is 4.79 Å². The van der Waals surface area contributed by atoms with E-state index in [2.05, 4.69) is 16.4 Å². The smallest absolute Gasteiger partial charge is 0.224 e. The molecule has 1 N–H and O–H groups in total. The van der Waals surface area contributed by atoms with E-state index in [4.69, 9.17) is 0 Å². The third-order valence-electron chi connectivity index (χ3n) is 3.66. The Balaban J connectivity index is 1.80. The van der Waals surface area contributed by atoms with Crippen molar-refractivity contribution in [3.8, 4) is 11.3 Å². The molecule has 0 atom stereocenters. The summed E-state index contributed by atoms with van der Waals surface area (Å²) in [7, 11) is 0. The standard InChI is InChI=1S/C16H13N3O/c20-16-7-5-11-9-12(4-6-13(11)18-16)14-10-19-8-2-1-3-15(19)17-14/h1-4,6,8-10H,5,7H2,(H,18,20). The van der Waals surface area contributed by atoms with Gasteiger partial charge in [-0.2, -0.15) is 0 Å². The number of aromatic nitrogens is 2. The van der Waals surface area contributed by atoms with Gasteiger partial charge in [0.25, 0.3) is 0 Å². The van der Waals surface area contributed by atoms with E-state index in [1.165, 1.54) is 5.56 Å². The lowest BCUT2D eigenvalue weighted by molar-refractivity contribution is -0.116. The van der Waals surface area contributed by atoms with Gasteiger partial charge in [0.15, 0.2) is 0 Å². The highest BCUT2D eigenvalue weighted by Crippen LogP contribution is 2.28. The zero-order valence-corrected chi connectivity index (χ0v) is 10.8. The first-order valence-corrected chi connectivity index (χ1v) is 6.66. The quantitative estimate of drug-likeness (QED) is 0.733. The number of carbonyl (C=O) groups is 1. The Morgan fingerprint density at radius 2 is 2.10 bits per heavy atom. The van der Waals surface area contributed by atoms with Crippen LogP contribution >= 0.6 is 0 Å². The van der Waals surface area contributed by atoms with Gasteiger partial charge in [0.2, 0.25) is 5.91 Å². The highest BCUT2D eigenvalue weighted by Gasteiger charge is 2.15. The van der Waals surface area contributed by atoms with Gasteiger partial charge in [0.05, 0.1) is 5.69 Å². The van der Waals surface area contributed by atoms with Crippen molar-refractivity contribution in [2.24, 2.45) is 0 Å². The molecular formula is C16H13N3O. The highest BCUT2D eigenvalue weighted by atomic mass is 16.1. The monoisotopic (exact) mass is 263 g/mol. The van der Waals surface area contributed by atoms with Crippen molar-refractivity contribution < 1.29 is 4.79 Å². The predicted molar refractivity (Wildman–Crippen MR) is 77.6 cm³/mol. The van der Waals surface area contributed by atoms with Gasteiger partial charge in [-0.1, -0.05) is 12.1 Å². The van der Waals surface area contributed by atoms with Crippen molar-refractivity contribution in [2.75, 3.05) is 5.32 Å². The molecule has 1 amide bonds. The summed E-state index contributed by atoms with van der Waals surface area (Å²) >= 11 is 0. The lowest BCUT2D eigenvalue weighted by Gasteiger charge is -2.17. The molecule has 3 aromatic rings. The summed E-state index contributed by atoms with van der Waals surface area (Å²) in [5.41, 5.74) is 5.08. The van der Waals surface area contributed by atoms with Gasteiger partial charge in [-0.25, -0.2) is 4.98 Å². The molecule has 0 bridgehead atoms. The number of carbonyl (C=O) groups excluding carboxylic acids is 1. The zero-order chi connectivity index (χ0) is 13.5. The maximum Gasteiger partial charge on any atom is 0.224 e. The molecule has 0 saturated heterocycles. The van der Waals surface area contributed by atoms with Gasteiger partial charge in [-0.05, 0) is 36.2 Å². The Morgan fingerprint density at radius 3 is 3.00 bits per heavy atom. The second-order valence-corrected chi connectivity index (χ2v) is 5.01. The first-order valence-electron chi connectivity index (χ1n) is 6.66. The minimum Gasteiger partial charge on any atom is -0.326 e. The van der Waals surface area contributed by atoms with E-state index in [0.29, 0.717) is 6.42 Å². The molecule has 4 nitrogen and oxygen atoms in total. The number of anilines is 1. The van der Waals surface area contributed by atoms with Gasteiger partial charge >= 0.3 is 0 Å². The number of aryl methyl sites for hydroxylation is 1. The van der Waals surface area contributed by atoms with Gasteiger partial charge in [0, 0.05) is 30.1 Å². The van der Waals surface area contributed by atoms with Gasteiger partial charge in [0.1, 0.15) is 5.65 Å². The molecule has 98 valence electrons.